The molecule has 0 radical (unpaired) electrons. The van der Waals surface area contributed by atoms with Gasteiger partial charge in [0.15, 0.2) is 0 Å². The molecule has 10 nitrogen and oxygen atoms in total. The highest BCUT2D eigenvalue weighted by Gasteiger charge is 2.47. The summed E-state index contributed by atoms with van der Waals surface area (Å²) < 4.78 is 71.6. The number of carbonyl (C=O) groups excluding carboxylic acids is 2. The minimum Gasteiger partial charge on any atom is -0.378 e. The van der Waals surface area contributed by atoms with E-state index in [1.807, 2.05) is 48.7 Å². The molecule has 1 aliphatic carbocycles. The number of rotatable bonds is 7. The minimum absolute atomic E-state index is 0.107. The van der Waals surface area contributed by atoms with E-state index in [4.69, 9.17) is 9.72 Å². The van der Waals surface area contributed by atoms with Crippen LogP contribution in [0, 0.1) is 13.8 Å². The van der Waals surface area contributed by atoms with Crippen LogP contribution in [0.2, 0.25) is 0 Å². The Kier molecular flexibility index (Phi) is 9.39. The molecule has 1 saturated heterocycles. The average Bonchev–Trinajstić information content (AvgIpc) is 3.62. The van der Waals surface area contributed by atoms with Gasteiger partial charge in [0.1, 0.15) is 6.54 Å². The first kappa shape index (κ1) is 35.1. The van der Waals surface area contributed by atoms with Crippen LogP contribution in [-0.2, 0) is 26.1 Å². The molecule has 0 spiro atoms. The average molecular weight is 740 g/mol. The number of halogens is 3. The molecule has 7 rings (SSSR count). The molecule has 0 bridgehead atoms. The number of hydrogen-bond acceptors (Lipinski definition) is 8. The Labute approximate surface area is 296 Å². The topological polar surface area (TPSA) is 123 Å². The molecular formula is C36H36F3N5O5S2. The van der Waals surface area contributed by atoms with Crippen LogP contribution in [0.3, 0.4) is 0 Å². The summed E-state index contributed by atoms with van der Waals surface area (Å²) in [7, 11) is -5.94. The summed E-state index contributed by atoms with van der Waals surface area (Å²) in [6.07, 6.45) is 4.93. The highest BCUT2D eigenvalue weighted by Crippen LogP contribution is 2.45. The van der Waals surface area contributed by atoms with Gasteiger partial charge in [0.2, 0.25) is 5.91 Å². The zero-order chi connectivity index (χ0) is 36.1. The number of amides is 2. The lowest BCUT2D eigenvalue weighted by Gasteiger charge is -2.28. The highest BCUT2D eigenvalue weighted by atomic mass is 32.2. The Hall–Kier alpha value is -4.34. The lowest BCUT2D eigenvalue weighted by molar-refractivity contribution is -0.135. The predicted octanol–water partition coefficient (Wildman–Crippen LogP) is 7.08. The molecule has 4 heterocycles. The number of thiazole rings is 1. The van der Waals surface area contributed by atoms with Crippen molar-refractivity contribution in [1.82, 2.24) is 24.2 Å². The number of aryl methyl sites for hydroxylation is 2. The maximum absolute atomic E-state index is 13.9. The van der Waals surface area contributed by atoms with E-state index in [1.165, 1.54) is 12.1 Å². The van der Waals surface area contributed by atoms with Crippen LogP contribution >= 0.6 is 11.3 Å². The fraction of sp³-hybridized carbons (Fsp3) is 0.389. The molecule has 268 valence electrons. The van der Waals surface area contributed by atoms with E-state index >= 15 is 0 Å². The third kappa shape index (κ3) is 6.86. The van der Waals surface area contributed by atoms with Gasteiger partial charge in [-0.05, 0) is 74.1 Å². The number of benzene rings is 2. The van der Waals surface area contributed by atoms with Gasteiger partial charge in [-0.3, -0.25) is 9.59 Å². The number of hydrogen-bond donors (Lipinski definition) is 1. The maximum Gasteiger partial charge on any atom is 0.516 e. The quantitative estimate of drug-likeness (QED) is 0.189. The van der Waals surface area contributed by atoms with Crippen molar-refractivity contribution >= 4 is 55.0 Å². The largest absolute Gasteiger partial charge is 0.516 e. The number of carbonyl (C=O) groups is 2. The molecule has 2 fully saturated rings. The van der Waals surface area contributed by atoms with Crippen LogP contribution < -0.4 is 4.72 Å². The first-order valence-corrected chi connectivity index (χ1v) is 19.1. The first-order valence-electron chi connectivity index (χ1n) is 16.8. The Balaban J connectivity index is 1.40. The zero-order valence-corrected chi connectivity index (χ0v) is 29.7. The Morgan fingerprint density at radius 3 is 2.41 bits per heavy atom. The molecule has 1 aliphatic heterocycles. The second-order valence-corrected chi connectivity index (χ2v) is 15.9. The molecule has 0 unspecified atom stereocenters. The van der Waals surface area contributed by atoms with E-state index in [1.54, 1.807) is 22.3 Å². The number of nitrogens with zero attached hydrogens (tertiary/aromatic N) is 4. The van der Waals surface area contributed by atoms with E-state index in [0.29, 0.717) is 31.8 Å². The smallest absolute Gasteiger partial charge is 0.378 e. The molecule has 2 aliphatic rings. The standard InChI is InChI=1S/C36H36F3N5O5S2/c1-21-34(50-22(2)40-21)29-13-9-24-18-25(10-12-28(24)41-29)33-32(23-6-4-3-5-7-23)27-11-8-26(35(46)42-51(47,48)36(37,38)39)19-30(27)44(33)20-31(45)43-14-16-49-17-15-43/h8-13,18-19,23H,3-7,14-17,20H2,1-2H3,(H,42,46). The number of morpholine rings is 1. The van der Waals surface area contributed by atoms with Gasteiger partial charge < -0.3 is 14.2 Å². The van der Waals surface area contributed by atoms with E-state index in [9.17, 15) is 31.2 Å². The van der Waals surface area contributed by atoms with Gasteiger partial charge >= 0.3 is 15.5 Å². The van der Waals surface area contributed by atoms with Gasteiger partial charge in [-0.15, -0.1) is 11.3 Å². The lowest BCUT2D eigenvalue weighted by Crippen LogP contribution is -2.42. The molecular weight excluding hydrogens is 704 g/mol. The Bertz CT molecular complexity index is 2270. The second kappa shape index (κ2) is 13.7. The summed E-state index contributed by atoms with van der Waals surface area (Å²) in [5, 5.41) is 2.59. The van der Waals surface area contributed by atoms with Crippen molar-refractivity contribution in [3.05, 3.63) is 70.4 Å². The molecule has 3 aromatic heterocycles. The van der Waals surface area contributed by atoms with Crippen molar-refractivity contribution in [1.29, 1.82) is 0 Å². The molecule has 1 saturated carbocycles. The Morgan fingerprint density at radius 2 is 1.73 bits per heavy atom. The van der Waals surface area contributed by atoms with E-state index in [0.717, 1.165) is 91.2 Å². The van der Waals surface area contributed by atoms with Crippen molar-refractivity contribution in [2.75, 3.05) is 26.3 Å². The van der Waals surface area contributed by atoms with Gasteiger partial charge in [-0.2, -0.15) is 21.6 Å². The fourth-order valence-corrected chi connectivity index (χ4v) is 8.62. The maximum atomic E-state index is 13.9. The van der Waals surface area contributed by atoms with E-state index in [2.05, 4.69) is 4.98 Å². The molecule has 15 heteroatoms. The van der Waals surface area contributed by atoms with Crippen molar-refractivity contribution in [3.63, 3.8) is 0 Å². The highest BCUT2D eigenvalue weighted by molar-refractivity contribution is 7.90. The van der Waals surface area contributed by atoms with Crippen LogP contribution in [0.15, 0.2) is 48.5 Å². The van der Waals surface area contributed by atoms with Gasteiger partial charge in [0, 0.05) is 29.4 Å². The van der Waals surface area contributed by atoms with Crippen LogP contribution in [-0.4, -0.2) is 71.5 Å². The molecule has 1 N–H and O–H groups in total. The van der Waals surface area contributed by atoms with E-state index in [-0.39, 0.29) is 23.9 Å². The van der Waals surface area contributed by atoms with Crippen LogP contribution in [0.5, 0.6) is 0 Å². The number of sulfonamides is 1. The summed E-state index contributed by atoms with van der Waals surface area (Å²) in [6, 6.07) is 14.3. The number of ether oxygens (including phenoxy) is 1. The zero-order valence-electron chi connectivity index (χ0n) is 28.0. The molecule has 2 amide bonds. The monoisotopic (exact) mass is 739 g/mol. The fourth-order valence-electron chi connectivity index (χ4n) is 7.25. The number of fused-ring (bicyclic) bond motifs is 2. The third-order valence-corrected chi connectivity index (χ3v) is 11.8. The summed E-state index contributed by atoms with van der Waals surface area (Å²) >= 11 is 1.58. The SMILES string of the molecule is Cc1nc(C)c(-c2ccc3cc(-c4c(C5CCCCC5)c5ccc(C(=O)NS(=O)(=O)C(F)(F)F)cc5n4CC(=O)N4CCOCC4)ccc3n2)s1. The van der Waals surface area contributed by atoms with Gasteiger partial charge in [-0.25, -0.2) is 14.7 Å². The van der Waals surface area contributed by atoms with Gasteiger partial charge in [0.05, 0.1) is 51.2 Å². The lowest BCUT2D eigenvalue weighted by atomic mass is 9.81. The van der Waals surface area contributed by atoms with Crippen molar-refractivity contribution in [2.24, 2.45) is 0 Å². The molecule has 2 aromatic carbocycles. The number of aromatic nitrogens is 3. The number of nitrogens with one attached hydrogen (secondary N) is 1. The molecule has 51 heavy (non-hydrogen) atoms. The summed E-state index contributed by atoms with van der Waals surface area (Å²) in [5.74, 6) is -1.47. The third-order valence-electron chi connectivity index (χ3n) is 9.67. The van der Waals surface area contributed by atoms with Crippen molar-refractivity contribution in [2.45, 2.75) is 63.9 Å². The van der Waals surface area contributed by atoms with Gasteiger partial charge in [-0.1, -0.05) is 37.5 Å². The summed E-state index contributed by atoms with van der Waals surface area (Å²) in [6.45, 7) is 5.43. The van der Waals surface area contributed by atoms with E-state index < -0.39 is 21.4 Å². The van der Waals surface area contributed by atoms with Crippen molar-refractivity contribution < 1.29 is 35.9 Å². The van der Waals surface area contributed by atoms with Crippen LogP contribution in [0.1, 0.15) is 64.6 Å². The first-order chi connectivity index (χ1) is 24.3. The van der Waals surface area contributed by atoms with Crippen LogP contribution in [0.25, 0.3) is 43.6 Å². The second-order valence-electron chi connectivity index (χ2n) is 13.0. The predicted molar refractivity (Wildman–Crippen MR) is 189 cm³/mol. The van der Waals surface area contributed by atoms with Crippen LogP contribution in [0.4, 0.5) is 13.2 Å². The summed E-state index contributed by atoms with van der Waals surface area (Å²) in [5.41, 5.74) is -0.387. The number of pyridine rings is 1. The van der Waals surface area contributed by atoms with Crippen molar-refractivity contribution in [3.8, 4) is 21.8 Å². The summed E-state index contributed by atoms with van der Waals surface area (Å²) in [4.78, 5) is 39.0. The minimum atomic E-state index is -5.94. The van der Waals surface area contributed by atoms with Gasteiger partial charge in [0.25, 0.3) is 5.91 Å². The normalized spacial score (nSPS) is 16.2. The Morgan fingerprint density at radius 1 is 0.980 bits per heavy atom. The molecule has 5 aromatic rings. The number of alkyl halides is 3. The molecule has 0 atom stereocenters.